The molecule has 1 aliphatic heterocycles. The van der Waals surface area contributed by atoms with Crippen LogP contribution in [0.1, 0.15) is 39.2 Å². The van der Waals surface area contributed by atoms with Crippen molar-refractivity contribution in [1.82, 2.24) is 4.90 Å². The number of nitrogens with zero attached hydrogens (tertiary/aromatic N) is 2. The van der Waals surface area contributed by atoms with Crippen molar-refractivity contribution in [2.24, 2.45) is 16.3 Å². The van der Waals surface area contributed by atoms with E-state index in [4.69, 9.17) is 4.74 Å². The van der Waals surface area contributed by atoms with Crippen LogP contribution in [0.3, 0.4) is 0 Å². The van der Waals surface area contributed by atoms with E-state index >= 15 is 0 Å². The molecule has 0 N–H and O–H groups in total. The van der Waals surface area contributed by atoms with Crippen LogP contribution in [0.15, 0.2) is 35.3 Å². The van der Waals surface area contributed by atoms with E-state index in [1.54, 1.807) is 0 Å². The number of benzene rings is 1. The van der Waals surface area contributed by atoms with Gasteiger partial charge >= 0.3 is 6.09 Å². The first-order chi connectivity index (χ1) is 10.9. The van der Waals surface area contributed by atoms with Gasteiger partial charge in [-0.1, -0.05) is 51.1 Å². The SMILES string of the molecule is CN1CCC(COC(=O)N=C(c2ccccc2)C(C)(C)C)CC1. The molecule has 1 heterocycles. The third-order valence-electron chi connectivity index (χ3n) is 4.24. The van der Waals surface area contributed by atoms with Gasteiger partial charge in [-0.15, -0.1) is 0 Å². The van der Waals surface area contributed by atoms with Crippen molar-refractivity contribution in [2.75, 3.05) is 26.7 Å². The van der Waals surface area contributed by atoms with Gasteiger partial charge in [0.15, 0.2) is 0 Å². The molecule has 0 spiro atoms. The van der Waals surface area contributed by atoms with E-state index < -0.39 is 6.09 Å². The highest BCUT2D eigenvalue weighted by molar-refractivity contribution is 6.08. The zero-order valence-corrected chi connectivity index (χ0v) is 14.7. The lowest BCUT2D eigenvalue weighted by Gasteiger charge is -2.28. The average molecular weight is 316 g/mol. The molecule has 0 radical (unpaired) electrons. The van der Waals surface area contributed by atoms with Crippen molar-refractivity contribution in [1.29, 1.82) is 0 Å². The maximum Gasteiger partial charge on any atom is 0.433 e. The van der Waals surface area contributed by atoms with E-state index in [1.807, 2.05) is 30.3 Å². The maximum absolute atomic E-state index is 12.2. The Bertz CT molecular complexity index is 538. The molecule has 1 aromatic rings. The second-order valence-corrected chi connectivity index (χ2v) is 7.40. The summed E-state index contributed by atoms with van der Waals surface area (Å²) in [4.78, 5) is 18.7. The Hall–Kier alpha value is -1.68. The summed E-state index contributed by atoms with van der Waals surface area (Å²) in [6.07, 6.45) is 1.69. The normalized spacial score (nSPS) is 18.0. The predicted octanol–water partition coefficient (Wildman–Crippen LogP) is 4.00. The topological polar surface area (TPSA) is 41.9 Å². The summed E-state index contributed by atoms with van der Waals surface area (Å²) < 4.78 is 5.42. The molecule has 1 saturated heterocycles. The fraction of sp³-hybridized carbons (Fsp3) is 0.579. The quantitative estimate of drug-likeness (QED) is 0.792. The monoisotopic (exact) mass is 316 g/mol. The number of piperidine rings is 1. The standard InChI is InChI=1S/C19H28N2O2/c1-19(2,3)17(16-8-6-5-7-9-16)20-18(22)23-14-15-10-12-21(4)13-11-15/h5-9,15H,10-14H2,1-4H3. The van der Waals surface area contributed by atoms with Gasteiger partial charge in [-0.05, 0) is 44.5 Å². The van der Waals surface area contributed by atoms with Crippen molar-refractivity contribution in [3.05, 3.63) is 35.9 Å². The Morgan fingerprint density at radius 1 is 1.22 bits per heavy atom. The third-order valence-corrected chi connectivity index (χ3v) is 4.24. The van der Waals surface area contributed by atoms with E-state index in [9.17, 15) is 4.79 Å². The molecular formula is C19H28N2O2. The molecule has 1 amide bonds. The second-order valence-electron chi connectivity index (χ2n) is 7.40. The van der Waals surface area contributed by atoms with E-state index in [0.29, 0.717) is 12.5 Å². The number of rotatable bonds is 3. The summed E-state index contributed by atoms with van der Waals surface area (Å²) in [5.41, 5.74) is 1.52. The molecule has 0 saturated carbocycles. The zero-order valence-electron chi connectivity index (χ0n) is 14.7. The zero-order chi connectivity index (χ0) is 16.9. The van der Waals surface area contributed by atoms with Crippen LogP contribution in [0.5, 0.6) is 0 Å². The molecule has 2 rings (SSSR count). The molecule has 0 bridgehead atoms. The molecule has 126 valence electrons. The Balaban J connectivity index is 2.00. The van der Waals surface area contributed by atoms with E-state index in [2.05, 4.69) is 37.7 Å². The predicted molar refractivity (Wildman–Crippen MR) is 94.0 cm³/mol. The number of carbonyl (C=O) groups excluding carboxylic acids is 1. The first-order valence-electron chi connectivity index (χ1n) is 8.36. The van der Waals surface area contributed by atoms with Crippen LogP contribution in [0.25, 0.3) is 0 Å². The van der Waals surface area contributed by atoms with Gasteiger partial charge in [0.1, 0.15) is 0 Å². The van der Waals surface area contributed by atoms with Crippen LogP contribution < -0.4 is 0 Å². The van der Waals surface area contributed by atoms with Gasteiger partial charge in [0.05, 0.1) is 12.3 Å². The van der Waals surface area contributed by atoms with Crippen LogP contribution in [-0.4, -0.2) is 43.4 Å². The molecule has 4 heteroatoms. The summed E-state index contributed by atoms with van der Waals surface area (Å²) >= 11 is 0. The molecule has 1 aliphatic rings. The van der Waals surface area contributed by atoms with Gasteiger partial charge in [0.25, 0.3) is 0 Å². The van der Waals surface area contributed by atoms with Crippen molar-refractivity contribution >= 4 is 11.8 Å². The third kappa shape index (κ3) is 5.47. The molecule has 1 fully saturated rings. The summed E-state index contributed by atoms with van der Waals surface area (Å²) in [6.45, 7) is 8.79. The van der Waals surface area contributed by atoms with Gasteiger partial charge in [-0.2, -0.15) is 4.99 Å². The maximum atomic E-state index is 12.2. The summed E-state index contributed by atoms with van der Waals surface area (Å²) in [5.74, 6) is 0.458. The Morgan fingerprint density at radius 2 is 1.83 bits per heavy atom. The van der Waals surface area contributed by atoms with Crippen molar-refractivity contribution in [3.8, 4) is 0 Å². The number of hydrogen-bond acceptors (Lipinski definition) is 3. The van der Waals surface area contributed by atoms with E-state index in [1.165, 1.54) is 0 Å². The first-order valence-corrected chi connectivity index (χ1v) is 8.36. The number of likely N-dealkylation sites (tertiary alicyclic amines) is 1. The Kier molecular flexibility index (Phi) is 5.94. The molecule has 0 unspecified atom stereocenters. The molecule has 1 aromatic carbocycles. The lowest BCUT2D eigenvalue weighted by Crippen LogP contribution is -2.32. The fourth-order valence-corrected chi connectivity index (χ4v) is 2.80. The highest BCUT2D eigenvalue weighted by Crippen LogP contribution is 2.22. The molecule has 0 aliphatic carbocycles. The van der Waals surface area contributed by atoms with Crippen molar-refractivity contribution < 1.29 is 9.53 Å². The summed E-state index contributed by atoms with van der Waals surface area (Å²) in [6, 6.07) is 9.84. The summed E-state index contributed by atoms with van der Waals surface area (Å²) in [5, 5.41) is 0. The lowest BCUT2D eigenvalue weighted by molar-refractivity contribution is 0.110. The van der Waals surface area contributed by atoms with E-state index in [-0.39, 0.29) is 5.41 Å². The minimum atomic E-state index is -0.474. The van der Waals surface area contributed by atoms with Gasteiger partial charge in [0, 0.05) is 5.41 Å². The number of ether oxygens (including phenoxy) is 1. The number of amides is 1. The van der Waals surface area contributed by atoms with Crippen LogP contribution in [0.4, 0.5) is 4.79 Å². The largest absolute Gasteiger partial charge is 0.448 e. The minimum absolute atomic E-state index is 0.214. The van der Waals surface area contributed by atoms with Gasteiger partial charge in [0.2, 0.25) is 0 Å². The van der Waals surface area contributed by atoms with Crippen molar-refractivity contribution in [3.63, 3.8) is 0 Å². The van der Waals surface area contributed by atoms with Gasteiger partial charge in [-0.3, -0.25) is 0 Å². The average Bonchev–Trinajstić information content (AvgIpc) is 2.52. The Morgan fingerprint density at radius 3 is 2.39 bits per heavy atom. The highest BCUT2D eigenvalue weighted by Gasteiger charge is 2.23. The van der Waals surface area contributed by atoms with Crippen LogP contribution in [-0.2, 0) is 4.74 Å². The molecule has 0 aromatic heterocycles. The molecular weight excluding hydrogens is 288 g/mol. The van der Waals surface area contributed by atoms with Crippen LogP contribution in [0, 0.1) is 11.3 Å². The second kappa shape index (κ2) is 7.73. The van der Waals surface area contributed by atoms with Gasteiger partial charge in [-0.25, -0.2) is 4.79 Å². The minimum Gasteiger partial charge on any atom is -0.448 e. The van der Waals surface area contributed by atoms with Crippen molar-refractivity contribution in [2.45, 2.75) is 33.6 Å². The lowest BCUT2D eigenvalue weighted by atomic mass is 9.85. The number of carbonyl (C=O) groups is 1. The van der Waals surface area contributed by atoms with Gasteiger partial charge < -0.3 is 9.64 Å². The van der Waals surface area contributed by atoms with E-state index in [0.717, 1.165) is 37.2 Å². The number of hydrogen-bond donors (Lipinski definition) is 0. The van der Waals surface area contributed by atoms with Crippen LogP contribution >= 0.6 is 0 Å². The highest BCUT2D eigenvalue weighted by atomic mass is 16.5. The smallest absolute Gasteiger partial charge is 0.433 e. The molecule has 4 nitrogen and oxygen atoms in total. The Labute approximate surface area is 139 Å². The fourth-order valence-electron chi connectivity index (χ4n) is 2.80. The molecule has 0 atom stereocenters. The number of aliphatic imine (C=N–C) groups is 1. The van der Waals surface area contributed by atoms with Crippen LogP contribution in [0.2, 0.25) is 0 Å². The first kappa shape index (κ1) is 17.7. The molecule has 23 heavy (non-hydrogen) atoms. The summed E-state index contributed by atoms with van der Waals surface area (Å²) in [7, 11) is 2.13.